The molecule has 0 saturated heterocycles. The van der Waals surface area contributed by atoms with Gasteiger partial charge in [-0.2, -0.15) is 0 Å². The van der Waals surface area contributed by atoms with Gasteiger partial charge in [0.1, 0.15) is 17.0 Å². The smallest absolute Gasteiger partial charge is 0.145 e. The summed E-state index contributed by atoms with van der Waals surface area (Å²) in [4.78, 5) is 7.54. The van der Waals surface area contributed by atoms with E-state index < -0.39 is 0 Å². The van der Waals surface area contributed by atoms with Crippen molar-refractivity contribution >= 4 is 50.0 Å². The van der Waals surface area contributed by atoms with Crippen LogP contribution < -0.4 is 4.90 Å². The predicted octanol–water partition coefficient (Wildman–Crippen LogP) is 15.1. The molecule has 9 aromatic carbocycles. The van der Waals surface area contributed by atoms with E-state index in [4.69, 9.17) is 9.40 Å². The molecule has 0 atom stereocenters. The Morgan fingerprint density at radius 1 is 0.424 bits per heavy atom. The number of rotatable bonds is 8. The number of hydrogen-bond donors (Lipinski definition) is 0. The van der Waals surface area contributed by atoms with Crippen LogP contribution in [-0.2, 0) is 0 Å². The second kappa shape index (κ2) is 14.5. The molecule has 2 heterocycles. The van der Waals surface area contributed by atoms with E-state index in [1.807, 2.05) is 18.2 Å². The first-order valence-corrected chi connectivity index (χ1v) is 20.0. The molecule has 0 amide bonds. The summed E-state index contributed by atoms with van der Waals surface area (Å²) >= 11 is 0. The Morgan fingerprint density at radius 2 is 0.966 bits per heavy atom. The zero-order chi connectivity index (χ0) is 39.1. The highest BCUT2D eigenvalue weighted by Gasteiger charge is 2.23. The van der Waals surface area contributed by atoms with Crippen molar-refractivity contribution in [2.24, 2.45) is 0 Å². The molecule has 2 aromatic heterocycles. The van der Waals surface area contributed by atoms with Crippen LogP contribution in [0.1, 0.15) is 0 Å². The van der Waals surface area contributed by atoms with Crippen molar-refractivity contribution in [3.8, 4) is 50.5 Å². The largest absolute Gasteiger partial charge is 0.455 e. The maximum atomic E-state index is 6.89. The van der Waals surface area contributed by atoms with E-state index in [9.17, 15) is 0 Å². The van der Waals surface area contributed by atoms with Gasteiger partial charge in [0.25, 0.3) is 0 Å². The molecule has 59 heavy (non-hydrogen) atoms. The quantitative estimate of drug-likeness (QED) is 0.155. The van der Waals surface area contributed by atoms with Gasteiger partial charge >= 0.3 is 0 Å². The number of imidazole rings is 1. The lowest BCUT2D eigenvalue weighted by Gasteiger charge is -2.27. The Balaban J connectivity index is 1.09. The summed E-state index contributed by atoms with van der Waals surface area (Å²) in [7, 11) is 0. The SMILES string of the molecule is c1ccc(-c2ccc(N(c3ccc(-c4ccccc4)cc3)c3ccc(-c4cccc(-c5nc6ccccc6n5-c5ccccc5)c4)c4oc5ccccc5c34)cc2)cc1. The van der Waals surface area contributed by atoms with Crippen LogP contribution in [0.2, 0.25) is 0 Å². The Hall–Kier alpha value is -7.95. The first kappa shape index (κ1) is 34.3. The molecular formula is C55H37N3O. The van der Waals surface area contributed by atoms with Crippen LogP contribution in [0.5, 0.6) is 0 Å². The van der Waals surface area contributed by atoms with Gasteiger partial charge in [0.05, 0.1) is 22.1 Å². The third kappa shape index (κ3) is 6.15. The van der Waals surface area contributed by atoms with Gasteiger partial charge in [-0.1, -0.05) is 152 Å². The second-order valence-corrected chi connectivity index (χ2v) is 14.8. The average molecular weight is 756 g/mol. The van der Waals surface area contributed by atoms with Gasteiger partial charge in [0.2, 0.25) is 0 Å². The van der Waals surface area contributed by atoms with Gasteiger partial charge in [-0.15, -0.1) is 0 Å². The van der Waals surface area contributed by atoms with Gasteiger partial charge < -0.3 is 9.32 Å². The number of anilines is 3. The van der Waals surface area contributed by atoms with Crippen LogP contribution in [0.3, 0.4) is 0 Å². The van der Waals surface area contributed by atoms with Crippen molar-refractivity contribution in [2.75, 3.05) is 4.90 Å². The molecule has 11 aromatic rings. The monoisotopic (exact) mass is 755 g/mol. The highest BCUT2D eigenvalue weighted by atomic mass is 16.3. The number of para-hydroxylation sites is 4. The summed E-state index contributed by atoms with van der Waals surface area (Å²) in [5.74, 6) is 0.890. The van der Waals surface area contributed by atoms with Crippen LogP contribution in [0, 0.1) is 0 Å². The molecule has 0 bridgehead atoms. The van der Waals surface area contributed by atoms with Crippen molar-refractivity contribution in [1.82, 2.24) is 9.55 Å². The van der Waals surface area contributed by atoms with Gasteiger partial charge in [-0.25, -0.2) is 4.98 Å². The predicted molar refractivity (Wildman–Crippen MR) is 245 cm³/mol. The normalized spacial score (nSPS) is 11.4. The van der Waals surface area contributed by atoms with E-state index in [2.05, 4.69) is 216 Å². The lowest BCUT2D eigenvalue weighted by molar-refractivity contribution is 0.670. The van der Waals surface area contributed by atoms with Gasteiger partial charge in [-0.05, 0) is 101 Å². The summed E-state index contributed by atoms with van der Waals surface area (Å²) in [6.45, 7) is 0. The van der Waals surface area contributed by atoms with Crippen molar-refractivity contribution in [3.63, 3.8) is 0 Å². The van der Waals surface area contributed by atoms with Crippen LogP contribution in [0.25, 0.3) is 83.4 Å². The maximum Gasteiger partial charge on any atom is 0.145 e. The van der Waals surface area contributed by atoms with Gasteiger partial charge in [0, 0.05) is 33.6 Å². The van der Waals surface area contributed by atoms with Gasteiger partial charge in [0.15, 0.2) is 0 Å². The molecule has 0 spiro atoms. The number of benzene rings is 9. The van der Waals surface area contributed by atoms with E-state index in [1.54, 1.807) is 0 Å². The number of hydrogen-bond acceptors (Lipinski definition) is 3. The fourth-order valence-electron chi connectivity index (χ4n) is 8.40. The lowest BCUT2D eigenvalue weighted by atomic mass is 9.98. The molecular weight excluding hydrogens is 719 g/mol. The third-order valence-corrected chi connectivity index (χ3v) is 11.2. The summed E-state index contributed by atoms with van der Waals surface area (Å²) in [6.07, 6.45) is 0. The molecule has 0 aliphatic carbocycles. The average Bonchev–Trinajstić information content (AvgIpc) is 3.91. The van der Waals surface area contributed by atoms with Crippen molar-refractivity contribution in [1.29, 1.82) is 0 Å². The molecule has 0 radical (unpaired) electrons. The zero-order valence-corrected chi connectivity index (χ0v) is 32.1. The van der Waals surface area contributed by atoms with Crippen LogP contribution >= 0.6 is 0 Å². The molecule has 0 unspecified atom stereocenters. The Labute approximate surface area is 342 Å². The molecule has 0 fully saturated rings. The fourth-order valence-corrected chi connectivity index (χ4v) is 8.40. The van der Waals surface area contributed by atoms with E-state index >= 15 is 0 Å². The standard InChI is InChI=1S/C55H37N3O/c1-4-15-38(16-5-1)40-27-31-45(32-28-40)57(46-33-29-41(30-34-46)39-17-6-2-7-18-39)51-36-35-47(54-53(51)48-23-10-13-26-52(48)59-54)42-19-14-20-43(37-42)55-56-49-24-11-12-25-50(49)58(55)44-21-8-3-9-22-44/h1-37H. The van der Waals surface area contributed by atoms with Crippen LogP contribution in [0.4, 0.5) is 17.1 Å². The summed E-state index contributed by atoms with van der Waals surface area (Å²) in [6, 6.07) is 79.1. The lowest BCUT2D eigenvalue weighted by Crippen LogP contribution is -2.10. The minimum Gasteiger partial charge on any atom is -0.455 e. The minimum atomic E-state index is 0.837. The Morgan fingerprint density at radius 3 is 1.64 bits per heavy atom. The van der Waals surface area contributed by atoms with Crippen LogP contribution in [-0.4, -0.2) is 9.55 Å². The molecule has 0 saturated carbocycles. The van der Waals surface area contributed by atoms with Gasteiger partial charge in [-0.3, -0.25) is 4.57 Å². The highest BCUT2D eigenvalue weighted by Crippen LogP contribution is 2.47. The zero-order valence-electron chi connectivity index (χ0n) is 32.1. The van der Waals surface area contributed by atoms with Crippen molar-refractivity contribution in [3.05, 3.63) is 224 Å². The first-order chi connectivity index (χ1) is 29.3. The van der Waals surface area contributed by atoms with Crippen molar-refractivity contribution in [2.45, 2.75) is 0 Å². The molecule has 0 aliphatic heterocycles. The molecule has 11 rings (SSSR count). The summed E-state index contributed by atoms with van der Waals surface area (Å²) < 4.78 is 9.14. The van der Waals surface area contributed by atoms with E-state index in [-0.39, 0.29) is 0 Å². The molecule has 0 aliphatic rings. The highest BCUT2D eigenvalue weighted by molar-refractivity contribution is 6.17. The molecule has 4 heteroatoms. The number of furan rings is 1. The molecule has 0 N–H and O–H groups in total. The summed E-state index contributed by atoms with van der Waals surface area (Å²) in [5.41, 5.74) is 15.7. The maximum absolute atomic E-state index is 6.89. The summed E-state index contributed by atoms with van der Waals surface area (Å²) in [5, 5.41) is 2.12. The Kier molecular flexibility index (Phi) is 8.45. The fraction of sp³-hybridized carbons (Fsp3) is 0. The second-order valence-electron chi connectivity index (χ2n) is 14.8. The first-order valence-electron chi connectivity index (χ1n) is 20.0. The minimum absolute atomic E-state index is 0.837. The van der Waals surface area contributed by atoms with Crippen LogP contribution in [0.15, 0.2) is 229 Å². The number of fused-ring (bicyclic) bond motifs is 4. The topological polar surface area (TPSA) is 34.2 Å². The Bertz CT molecular complexity index is 3160. The van der Waals surface area contributed by atoms with E-state index in [0.29, 0.717) is 0 Å². The molecule has 278 valence electrons. The van der Waals surface area contributed by atoms with E-state index in [0.717, 1.165) is 78.2 Å². The third-order valence-electron chi connectivity index (χ3n) is 11.2. The van der Waals surface area contributed by atoms with E-state index in [1.165, 1.54) is 22.3 Å². The number of aromatic nitrogens is 2. The van der Waals surface area contributed by atoms with Crippen molar-refractivity contribution < 1.29 is 4.42 Å². The molecule has 4 nitrogen and oxygen atoms in total. The number of nitrogens with zero attached hydrogens (tertiary/aromatic N) is 3.